The Kier molecular flexibility index (Phi) is 8.38. The van der Waals surface area contributed by atoms with Crippen molar-refractivity contribution in [3.05, 3.63) is 82.9 Å². The van der Waals surface area contributed by atoms with Crippen molar-refractivity contribution in [3.8, 4) is 5.75 Å². The van der Waals surface area contributed by atoms with Crippen molar-refractivity contribution in [2.45, 2.75) is 72.3 Å². The maximum Gasteiger partial charge on any atom is 0.273 e. The van der Waals surface area contributed by atoms with Gasteiger partial charge in [0.05, 0.1) is 19.0 Å². The lowest BCUT2D eigenvalue weighted by Crippen LogP contribution is -2.64. The smallest absolute Gasteiger partial charge is 0.273 e. The third-order valence-electron chi connectivity index (χ3n) is 6.83. The number of nitrogens with zero attached hydrogens (tertiary/aromatic N) is 3. The van der Waals surface area contributed by atoms with Crippen LogP contribution in [0.1, 0.15) is 71.8 Å². The predicted octanol–water partition coefficient (Wildman–Crippen LogP) is 3.85. The molecular formula is C30H37N5O4. The Labute approximate surface area is 229 Å². The normalized spacial score (nSPS) is 16.7. The molecule has 0 bridgehead atoms. The number of hydrogen-bond acceptors (Lipinski definition) is 5. The van der Waals surface area contributed by atoms with Crippen LogP contribution in [0.3, 0.4) is 0 Å². The van der Waals surface area contributed by atoms with Crippen LogP contribution >= 0.6 is 0 Å². The summed E-state index contributed by atoms with van der Waals surface area (Å²) in [5, 5.41) is 5.86. The molecule has 9 heteroatoms. The second-order valence-electron chi connectivity index (χ2n) is 10.5. The monoisotopic (exact) mass is 531 g/mol. The summed E-state index contributed by atoms with van der Waals surface area (Å²) in [5.74, 6) is -0.312. The maximum absolute atomic E-state index is 13.7. The molecule has 2 heterocycles. The Morgan fingerprint density at radius 3 is 2.26 bits per heavy atom. The van der Waals surface area contributed by atoms with E-state index in [1.807, 2.05) is 76.2 Å². The predicted molar refractivity (Wildman–Crippen MR) is 148 cm³/mol. The summed E-state index contributed by atoms with van der Waals surface area (Å²) >= 11 is 0. The summed E-state index contributed by atoms with van der Waals surface area (Å²) in [7, 11) is 0. The van der Waals surface area contributed by atoms with Crippen LogP contribution in [0.4, 0.5) is 0 Å². The molecule has 39 heavy (non-hydrogen) atoms. The molecular weight excluding hydrogens is 494 g/mol. The molecule has 0 fully saturated rings. The maximum atomic E-state index is 13.7. The van der Waals surface area contributed by atoms with E-state index in [1.165, 1.54) is 6.33 Å². The average molecular weight is 532 g/mol. The molecule has 2 N–H and O–H groups in total. The van der Waals surface area contributed by atoms with Gasteiger partial charge >= 0.3 is 0 Å². The Hall–Kier alpha value is -4.14. The first-order valence-corrected chi connectivity index (χ1v) is 13.4. The van der Waals surface area contributed by atoms with Crippen LogP contribution in [0, 0.1) is 6.92 Å². The van der Waals surface area contributed by atoms with Crippen LogP contribution in [0.25, 0.3) is 0 Å². The van der Waals surface area contributed by atoms with Gasteiger partial charge in [-0.05, 0) is 57.4 Å². The third kappa shape index (κ3) is 6.13. The van der Waals surface area contributed by atoms with Gasteiger partial charge < -0.3 is 24.8 Å². The van der Waals surface area contributed by atoms with Crippen molar-refractivity contribution in [2.75, 3.05) is 6.54 Å². The van der Waals surface area contributed by atoms with Gasteiger partial charge in [0.25, 0.3) is 11.8 Å². The van der Waals surface area contributed by atoms with E-state index in [1.54, 1.807) is 16.4 Å². The van der Waals surface area contributed by atoms with E-state index in [0.29, 0.717) is 19.5 Å². The summed E-state index contributed by atoms with van der Waals surface area (Å²) in [4.78, 5) is 46.1. The van der Waals surface area contributed by atoms with Gasteiger partial charge in [-0.15, -0.1) is 0 Å². The Bertz CT molecular complexity index is 1330. The Morgan fingerprint density at radius 1 is 1.03 bits per heavy atom. The van der Waals surface area contributed by atoms with Crippen molar-refractivity contribution in [2.24, 2.45) is 0 Å². The van der Waals surface area contributed by atoms with Crippen LogP contribution in [0.15, 0.2) is 54.9 Å². The molecule has 1 aromatic heterocycles. The summed E-state index contributed by atoms with van der Waals surface area (Å²) in [5.41, 5.74) is 2.15. The SMILES string of the molecule is CCCN1C(=O)c2c(C(=O)NCc3ccc(OC(C)C)cc3)ncn2C[C@@]1(C)C(=O)NCc1ccc(C)cc1. The lowest BCUT2D eigenvalue weighted by Gasteiger charge is -2.43. The van der Waals surface area contributed by atoms with E-state index >= 15 is 0 Å². The van der Waals surface area contributed by atoms with Crippen molar-refractivity contribution in [1.82, 2.24) is 25.1 Å². The highest BCUT2D eigenvalue weighted by molar-refractivity contribution is 6.07. The number of aryl methyl sites for hydroxylation is 1. The Balaban J connectivity index is 1.48. The van der Waals surface area contributed by atoms with E-state index < -0.39 is 11.4 Å². The highest BCUT2D eigenvalue weighted by Gasteiger charge is 2.48. The molecule has 206 valence electrons. The van der Waals surface area contributed by atoms with Crippen molar-refractivity contribution >= 4 is 17.7 Å². The fourth-order valence-electron chi connectivity index (χ4n) is 4.73. The van der Waals surface area contributed by atoms with Gasteiger partial charge in [0.15, 0.2) is 5.69 Å². The van der Waals surface area contributed by atoms with Gasteiger partial charge in [-0.25, -0.2) is 4.98 Å². The van der Waals surface area contributed by atoms with Gasteiger partial charge in [0.1, 0.15) is 17.0 Å². The number of benzene rings is 2. The molecule has 4 rings (SSSR count). The topological polar surface area (TPSA) is 106 Å². The lowest BCUT2D eigenvalue weighted by molar-refractivity contribution is -0.133. The fourth-order valence-corrected chi connectivity index (χ4v) is 4.73. The number of fused-ring (bicyclic) bond motifs is 1. The van der Waals surface area contributed by atoms with Gasteiger partial charge in [0, 0.05) is 19.6 Å². The van der Waals surface area contributed by atoms with E-state index in [0.717, 1.165) is 22.4 Å². The first-order valence-electron chi connectivity index (χ1n) is 13.4. The molecule has 1 aliphatic rings. The summed E-state index contributed by atoms with van der Waals surface area (Å²) in [6.07, 6.45) is 2.21. The summed E-state index contributed by atoms with van der Waals surface area (Å²) in [6, 6.07) is 15.4. The number of nitrogens with one attached hydrogen (secondary N) is 2. The first-order chi connectivity index (χ1) is 18.6. The number of amides is 3. The number of imidazole rings is 1. The number of carbonyl (C=O) groups excluding carboxylic acids is 3. The standard InChI is InChI=1S/C30H37N5O4/c1-6-15-35-28(37)26-25(27(36)31-16-23-11-13-24(14-12-23)39-20(2)3)33-19-34(26)18-30(35,5)29(38)32-17-22-9-7-21(4)8-10-22/h7-14,19-20H,6,15-18H2,1-5H3,(H,31,36)(H,32,38)/t30-/m0/s1. The highest BCUT2D eigenvalue weighted by atomic mass is 16.5. The zero-order valence-electron chi connectivity index (χ0n) is 23.3. The molecule has 2 aromatic carbocycles. The van der Waals surface area contributed by atoms with Crippen molar-refractivity contribution < 1.29 is 19.1 Å². The average Bonchev–Trinajstić information content (AvgIpc) is 3.33. The fraction of sp³-hybridized carbons (Fsp3) is 0.400. The molecule has 0 radical (unpaired) electrons. The number of rotatable bonds is 10. The molecule has 3 amide bonds. The first kappa shape index (κ1) is 27.9. The Morgan fingerprint density at radius 2 is 1.64 bits per heavy atom. The number of carbonyl (C=O) groups is 3. The lowest BCUT2D eigenvalue weighted by atomic mass is 9.93. The highest BCUT2D eigenvalue weighted by Crippen LogP contribution is 2.29. The molecule has 0 saturated heterocycles. The number of hydrogen-bond donors (Lipinski definition) is 2. The van der Waals surface area contributed by atoms with Crippen LogP contribution in [0.2, 0.25) is 0 Å². The quantitative estimate of drug-likeness (QED) is 0.414. The van der Waals surface area contributed by atoms with E-state index in [9.17, 15) is 14.4 Å². The van der Waals surface area contributed by atoms with Crippen molar-refractivity contribution in [3.63, 3.8) is 0 Å². The van der Waals surface area contributed by atoms with E-state index in [2.05, 4.69) is 15.6 Å². The molecule has 3 aromatic rings. The van der Waals surface area contributed by atoms with Gasteiger partial charge in [-0.2, -0.15) is 0 Å². The zero-order chi connectivity index (χ0) is 28.2. The zero-order valence-corrected chi connectivity index (χ0v) is 23.3. The van der Waals surface area contributed by atoms with Crippen LogP contribution in [-0.2, 0) is 24.4 Å². The molecule has 0 aliphatic carbocycles. The van der Waals surface area contributed by atoms with Crippen LogP contribution < -0.4 is 15.4 Å². The molecule has 9 nitrogen and oxygen atoms in total. The van der Waals surface area contributed by atoms with Gasteiger partial charge in [-0.1, -0.05) is 48.9 Å². The minimum atomic E-state index is -1.13. The molecule has 1 atom stereocenters. The van der Waals surface area contributed by atoms with E-state index in [4.69, 9.17) is 4.74 Å². The largest absolute Gasteiger partial charge is 0.491 e. The summed E-state index contributed by atoms with van der Waals surface area (Å²) < 4.78 is 7.28. The minimum Gasteiger partial charge on any atom is -0.491 e. The summed E-state index contributed by atoms with van der Waals surface area (Å²) in [6.45, 7) is 10.9. The molecule has 0 spiro atoms. The van der Waals surface area contributed by atoms with E-state index in [-0.39, 0.29) is 42.4 Å². The second-order valence-corrected chi connectivity index (χ2v) is 10.5. The van der Waals surface area contributed by atoms with Crippen molar-refractivity contribution in [1.29, 1.82) is 0 Å². The van der Waals surface area contributed by atoms with Gasteiger partial charge in [0.2, 0.25) is 5.91 Å². The molecule has 0 unspecified atom stereocenters. The second kappa shape index (κ2) is 11.7. The van der Waals surface area contributed by atoms with Crippen LogP contribution in [-0.4, -0.2) is 50.4 Å². The number of ether oxygens (including phenoxy) is 1. The molecule has 0 saturated carbocycles. The van der Waals surface area contributed by atoms with Gasteiger partial charge in [-0.3, -0.25) is 14.4 Å². The minimum absolute atomic E-state index is 0.0583. The molecule has 1 aliphatic heterocycles. The number of aromatic nitrogens is 2. The third-order valence-corrected chi connectivity index (χ3v) is 6.83. The van der Waals surface area contributed by atoms with Crippen LogP contribution in [0.5, 0.6) is 5.75 Å².